The highest BCUT2D eigenvalue weighted by Crippen LogP contribution is 2.37. The number of hydrogen-bond donors (Lipinski definition) is 3. The molecule has 0 aliphatic rings. The van der Waals surface area contributed by atoms with E-state index in [1.165, 1.54) is 0 Å². The minimum absolute atomic E-state index is 0.102. The molecular weight excluding hydrogens is 448 g/mol. The molecule has 0 fully saturated rings. The number of nitrogens with one attached hydrogen (secondary N) is 2. The van der Waals surface area contributed by atoms with E-state index in [9.17, 15) is 14.4 Å². The number of furan rings is 1. The second kappa shape index (κ2) is 11.3. The summed E-state index contributed by atoms with van der Waals surface area (Å²) in [6.07, 6.45) is 0. The summed E-state index contributed by atoms with van der Waals surface area (Å²) in [5.41, 5.74) is 1.40. The highest BCUT2D eigenvalue weighted by molar-refractivity contribution is 7.15. The molecule has 0 aliphatic carbocycles. The zero-order valence-electron chi connectivity index (χ0n) is 18.2. The van der Waals surface area contributed by atoms with E-state index in [2.05, 4.69) is 10.6 Å². The summed E-state index contributed by atoms with van der Waals surface area (Å²) in [5, 5.41) is 16.5. The standard InChI is InChI=1S/C23H24N2O7S/c1-3-30-23(29)20-16(18-9-8-14(2)32-18)13-33-21(20)25-19(27)12-31-22(28)15-6-4-5-7-17(15)24-10-11-26/h4-9,13,24,26H,3,10-12H2,1-2H3,(H,25,27). The Morgan fingerprint density at radius 2 is 1.88 bits per heavy atom. The number of rotatable bonds is 10. The largest absolute Gasteiger partial charge is 0.462 e. The van der Waals surface area contributed by atoms with Crippen LogP contribution in [0.5, 0.6) is 0 Å². The lowest BCUT2D eigenvalue weighted by atomic mass is 10.1. The van der Waals surface area contributed by atoms with Crippen LogP contribution in [0.25, 0.3) is 11.3 Å². The Hall–Kier alpha value is -3.63. The second-order valence-electron chi connectivity index (χ2n) is 6.80. The van der Waals surface area contributed by atoms with Gasteiger partial charge in [-0.05, 0) is 38.1 Å². The summed E-state index contributed by atoms with van der Waals surface area (Å²) in [6.45, 7) is 3.25. The van der Waals surface area contributed by atoms with Gasteiger partial charge in [-0.2, -0.15) is 0 Å². The van der Waals surface area contributed by atoms with Crippen LogP contribution in [-0.4, -0.2) is 49.3 Å². The van der Waals surface area contributed by atoms with Gasteiger partial charge in [-0.3, -0.25) is 4.79 Å². The number of thiophene rings is 1. The van der Waals surface area contributed by atoms with Crippen LogP contribution in [0.15, 0.2) is 46.2 Å². The van der Waals surface area contributed by atoms with E-state index < -0.39 is 24.5 Å². The molecule has 9 nitrogen and oxygen atoms in total. The molecule has 1 aromatic carbocycles. The van der Waals surface area contributed by atoms with E-state index in [1.807, 2.05) is 0 Å². The average Bonchev–Trinajstić information content (AvgIpc) is 3.42. The lowest BCUT2D eigenvalue weighted by Crippen LogP contribution is -2.22. The molecule has 2 aromatic heterocycles. The monoisotopic (exact) mass is 472 g/mol. The van der Waals surface area contributed by atoms with Gasteiger partial charge in [-0.1, -0.05) is 12.1 Å². The van der Waals surface area contributed by atoms with Gasteiger partial charge in [0, 0.05) is 23.2 Å². The molecule has 0 unspecified atom stereocenters. The van der Waals surface area contributed by atoms with Crippen LogP contribution < -0.4 is 10.6 Å². The Morgan fingerprint density at radius 1 is 1.09 bits per heavy atom. The van der Waals surface area contributed by atoms with Gasteiger partial charge in [-0.15, -0.1) is 11.3 Å². The van der Waals surface area contributed by atoms with E-state index in [-0.39, 0.29) is 35.9 Å². The van der Waals surface area contributed by atoms with Gasteiger partial charge >= 0.3 is 11.9 Å². The molecule has 1 amide bonds. The molecule has 0 atom stereocenters. The molecule has 0 bridgehead atoms. The smallest absolute Gasteiger partial charge is 0.341 e. The maximum Gasteiger partial charge on any atom is 0.341 e. The highest BCUT2D eigenvalue weighted by Gasteiger charge is 2.25. The Labute approximate surface area is 194 Å². The van der Waals surface area contributed by atoms with Gasteiger partial charge in [0.25, 0.3) is 5.91 Å². The fraction of sp³-hybridized carbons (Fsp3) is 0.261. The number of carbonyl (C=O) groups is 3. The van der Waals surface area contributed by atoms with Crippen molar-refractivity contribution in [1.29, 1.82) is 0 Å². The van der Waals surface area contributed by atoms with Gasteiger partial charge in [-0.25, -0.2) is 9.59 Å². The fourth-order valence-corrected chi connectivity index (χ4v) is 3.95. The summed E-state index contributed by atoms with van der Waals surface area (Å²) in [7, 11) is 0. The molecule has 10 heteroatoms. The molecule has 3 rings (SSSR count). The first-order chi connectivity index (χ1) is 15.9. The van der Waals surface area contributed by atoms with E-state index in [1.54, 1.807) is 55.6 Å². The number of anilines is 2. The van der Waals surface area contributed by atoms with Crippen LogP contribution in [0.2, 0.25) is 0 Å². The highest BCUT2D eigenvalue weighted by atomic mass is 32.1. The first-order valence-electron chi connectivity index (χ1n) is 10.2. The average molecular weight is 473 g/mol. The number of para-hydroxylation sites is 1. The maximum absolute atomic E-state index is 12.6. The van der Waals surface area contributed by atoms with Crippen molar-refractivity contribution in [1.82, 2.24) is 0 Å². The predicted octanol–water partition coefficient (Wildman–Crippen LogP) is 3.69. The Kier molecular flexibility index (Phi) is 8.22. The lowest BCUT2D eigenvalue weighted by molar-refractivity contribution is -0.119. The third kappa shape index (κ3) is 5.99. The Morgan fingerprint density at radius 3 is 2.58 bits per heavy atom. The fourth-order valence-electron chi connectivity index (χ4n) is 2.99. The zero-order valence-corrected chi connectivity index (χ0v) is 19.0. The lowest BCUT2D eigenvalue weighted by Gasteiger charge is -2.11. The Balaban J connectivity index is 1.71. The van der Waals surface area contributed by atoms with Crippen LogP contribution in [0.4, 0.5) is 10.7 Å². The number of ether oxygens (including phenoxy) is 2. The van der Waals surface area contributed by atoms with Crippen molar-refractivity contribution in [3.63, 3.8) is 0 Å². The quantitative estimate of drug-likeness (QED) is 0.381. The molecule has 3 N–H and O–H groups in total. The summed E-state index contributed by atoms with van der Waals surface area (Å²) >= 11 is 1.14. The van der Waals surface area contributed by atoms with Crippen LogP contribution in [0.3, 0.4) is 0 Å². The van der Waals surface area contributed by atoms with Crippen LogP contribution in [-0.2, 0) is 14.3 Å². The molecular formula is C23H24N2O7S. The van der Waals surface area contributed by atoms with Gasteiger partial charge in [0.05, 0.1) is 18.8 Å². The topological polar surface area (TPSA) is 127 Å². The summed E-state index contributed by atoms with van der Waals surface area (Å²) in [4.78, 5) is 37.5. The third-order valence-electron chi connectivity index (χ3n) is 4.44. The molecule has 0 spiro atoms. The third-order valence-corrected chi connectivity index (χ3v) is 5.33. The number of esters is 2. The summed E-state index contributed by atoms with van der Waals surface area (Å²) < 4.78 is 15.9. The molecule has 0 aliphatic heterocycles. The van der Waals surface area contributed by atoms with Crippen molar-refractivity contribution < 1.29 is 33.4 Å². The van der Waals surface area contributed by atoms with Crippen LogP contribution in [0.1, 0.15) is 33.4 Å². The number of amides is 1. The second-order valence-corrected chi connectivity index (χ2v) is 7.68. The molecule has 2 heterocycles. The first kappa shape index (κ1) is 24.0. The van der Waals surface area contributed by atoms with Gasteiger partial charge in [0.15, 0.2) is 6.61 Å². The van der Waals surface area contributed by atoms with Crippen molar-refractivity contribution in [2.45, 2.75) is 13.8 Å². The van der Waals surface area contributed by atoms with Crippen LogP contribution in [0, 0.1) is 6.92 Å². The van der Waals surface area contributed by atoms with Gasteiger partial charge in [0.1, 0.15) is 22.1 Å². The Bertz CT molecular complexity index is 1140. The maximum atomic E-state index is 12.6. The minimum Gasteiger partial charge on any atom is -0.462 e. The van der Waals surface area contributed by atoms with Crippen molar-refractivity contribution >= 4 is 39.9 Å². The van der Waals surface area contributed by atoms with E-state index in [0.717, 1.165) is 11.3 Å². The number of aryl methyl sites for hydroxylation is 1. The van der Waals surface area contributed by atoms with Crippen molar-refractivity contribution in [2.75, 3.05) is 37.0 Å². The van der Waals surface area contributed by atoms with Crippen molar-refractivity contribution in [3.05, 3.63) is 58.7 Å². The number of hydrogen-bond acceptors (Lipinski definition) is 9. The van der Waals surface area contributed by atoms with E-state index >= 15 is 0 Å². The summed E-state index contributed by atoms with van der Waals surface area (Å²) in [5.74, 6) is -0.754. The van der Waals surface area contributed by atoms with Crippen LogP contribution >= 0.6 is 11.3 Å². The number of benzene rings is 1. The molecule has 33 heavy (non-hydrogen) atoms. The van der Waals surface area contributed by atoms with E-state index in [4.69, 9.17) is 19.0 Å². The van der Waals surface area contributed by atoms with Gasteiger partial charge in [0.2, 0.25) is 0 Å². The minimum atomic E-state index is -0.699. The van der Waals surface area contributed by atoms with Crippen molar-refractivity contribution in [3.8, 4) is 11.3 Å². The molecule has 0 saturated heterocycles. The normalized spacial score (nSPS) is 10.5. The SMILES string of the molecule is CCOC(=O)c1c(-c2ccc(C)o2)csc1NC(=O)COC(=O)c1ccccc1NCCO. The molecule has 0 saturated carbocycles. The van der Waals surface area contributed by atoms with Gasteiger partial charge < -0.3 is 29.6 Å². The molecule has 174 valence electrons. The van der Waals surface area contributed by atoms with Crippen molar-refractivity contribution in [2.24, 2.45) is 0 Å². The number of aliphatic hydroxyl groups excluding tert-OH is 1. The number of aliphatic hydroxyl groups is 1. The number of carbonyl (C=O) groups excluding carboxylic acids is 3. The first-order valence-corrected chi connectivity index (χ1v) is 11.1. The van der Waals surface area contributed by atoms with E-state index in [0.29, 0.717) is 22.8 Å². The predicted molar refractivity (Wildman–Crippen MR) is 124 cm³/mol. The zero-order chi connectivity index (χ0) is 23.8. The summed E-state index contributed by atoms with van der Waals surface area (Å²) in [6, 6.07) is 10.1. The molecule has 3 aromatic rings. The molecule has 0 radical (unpaired) electrons.